The summed E-state index contributed by atoms with van der Waals surface area (Å²) in [6.45, 7) is 13.2. The third-order valence-corrected chi connectivity index (χ3v) is 8.97. The van der Waals surface area contributed by atoms with Gasteiger partial charge in [0.1, 0.15) is 30.1 Å². The maximum atomic E-state index is 13.8. The Morgan fingerprint density at radius 2 is 1.54 bits per heavy atom. The second-order valence-electron chi connectivity index (χ2n) is 16.0. The Bertz CT molecular complexity index is 1770. The van der Waals surface area contributed by atoms with Crippen LogP contribution in [0, 0.1) is 17.3 Å². The number of nitrogens with one attached hydrogen (secondary N) is 2. The molecule has 0 heterocycles. The Hall–Kier alpha value is -3.97. The van der Waals surface area contributed by atoms with Crippen molar-refractivity contribution in [2.75, 3.05) is 20.3 Å². The summed E-state index contributed by atoms with van der Waals surface area (Å²) in [5, 5.41) is 5.50. The quantitative estimate of drug-likeness (QED) is 0.0569. The number of hydrogen-bond acceptors (Lipinski definition) is 10. The summed E-state index contributed by atoms with van der Waals surface area (Å²) in [5.74, 6) is -3.05. The van der Waals surface area contributed by atoms with Gasteiger partial charge in [-0.1, -0.05) is 122 Å². The van der Waals surface area contributed by atoms with E-state index < -0.39 is 69.6 Å². The van der Waals surface area contributed by atoms with Crippen LogP contribution in [0.2, 0.25) is 5.02 Å². The van der Waals surface area contributed by atoms with E-state index in [0.717, 1.165) is 5.56 Å². The predicted octanol–water partition coefficient (Wildman–Crippen LogP) is 9.01. The first-order valence-corrected chi connectivity index (χ1v) is 20.5. The molecule has 2 aromatic carbocycles. The van der Waals surface area contributed by atoms with Gasteiger partial charge in [0.15, 0.2) is 6.10 Å². The van der Waals surface area contributed by atoms with Gasteiger partial charge in [-0.25, -0.2) is 14.4 Å². The lowest BCUT2D eigenvalue weighted by molar-refractivity contribution is -0.178. The molecular weight excluding hydrogens is 846 g/mol. The number of carbonyl (C=O) groups is 5. The van der Waals surface area contributed by atoms with E-state index in [1.54, 1.807) is 52.8 Å². The van der Waals surface area contributed by atoms with Crippen LogP contribution in [0.3, 0.4) is 0 Å². The Labute approximate surface area is 367 Å². The lowest BCUT2D eigenvalue weighted by atomic mass is 9.93. The molecule has 0 bridgehead atoms. The van der Waals surface area contributed by atoms with Crippen molar-refractivity contribution in [3.05, 3.63) is 82.9 Å². The first-order chi connectivity index (χ1) is 27.4. The van der Waals surface area contributed by atoms with Crippen molar-refractivity contribution >= 4 is 82.4 Å². The summed E-state index contributed by atoms with van der Waals surface area (Å²) in [5.41, 5.74) is -0.458. The zero-order chi connectivity index (χ0) is 44.6. The molecule has 0 aliphatic carbocycles. The maximum Gasteiger partial charge on any atom is 0.407 e. The topological polar surface area (TPSA) is 156 Å². The molecule has 4 atom stereocenters. The van der Waals surface area contributed by atoms with Crippen molar-refractivity contribution in [1.29, 1.82) is 0 Å². The van der Waals surface area contributed by atoms with E-state index in [4.69, 9.17) is 70.1 Å². The highest BCUT2D eigenvalue weighted by atomic mass is 35.6. The van der Waals surface area contributed by atoms with E-state index in [2.05, 4.69) is 10.6 Å². The van der Waals surface area contributed by atoms with Gasteiger partial charge < -0.3 is 34.3 Å². The van der Waals surface area contributed by atoms with Crippen LogP contribution < -0.4 is 15.4 Å². The van der Waals surface area contributed by atoms with Crippen molar-refractivity contribution in [2.45, 2.75) is 102 Å². The summed E-state index contributed by atoms with van der Waals surface area (Å²) in [6, 6.07) is 13.2. The lowest BCUT2D eigenvalue weighted by Gasteiger charge is -2.29. The monoisotopic (exact) mass is 900 g/mol. The first kappa shape index (κ1) is 51.2. The van der Waals surface area contributed by atoms with Gasteiger partial charge in [-0.3, -0.25) is 9.59 Å². The molecule has 0 saturated heterocycles. The molecule has 59 heavy (non-hydrogen) atoms. The molecule has 2 aromatic rings. The summed E-state index contributed by atoms with van der Waals surface area (Å²) in [4.78, 5) is 65.9. The third-order valence-electron chi connectivity index (χ3n) is 8.34. The Morgan fingerprint density at radius 3 is 2.12 bits per heavy atom. The molecule has 0 spiro atoms. The van der Waals surface area contributed by atoms with Crippen molar-refractivity contribution in [1.82, 2.24) is 10.6 Å². The lowest BCUT2D eigenvalue weighted by Crippen LogP contribution is -2.44. The number of halogens is 4. The van der Waals surface area contributed by atoms with Crippen molar-refractivity contribution < 1.29 is 47.7 Å². The van der Waals surface area contributed by atoms with E-state index in [1.807, 2.05) is 63.3 Å². The van der Waals surface area contributed by atoms with Crippen LogP contribution in [-0.2, 0) is 44.5 Å². The number of alkyl halides is 3. The number of esters is 3. The van der Waals surface area contributed by atoms with Crippen LogP contribution in [0.1, 0.15) is 79.4 Å². The molecule has 326 valence electrons. The fourth-order valence-corrected chi connectivity index (χ4v) is 5.63. The fraction of sp³-hybridized carbons (Fsp3) is 0.512. The van der Waals surface area contributed by atoms with Gasteiger partial charge in [0.25, 0.3) is 0 Å². The number of alkyl carbamates (subject to hydrolysis) is 1. The molecule has 2 N–H and O–H groups in total. The normalized spacial score (nSPS) is 14.3. The van der Waals surface area contributed by atoms with E-state index >= 15 is 0 Å². The number of ether oxygens (including phenoxy) is 5. The maximum absolute atomic E-state index is 13.8. The highest BCUT2D eigenvalue weighted by Gasteiger charge is 2.36. The molecule has 2 rings (SSSR count). The second-order valence-corrected chi connectivity index (χ2v) is 18.9. The number of rotatable bonds is 20. The zero-order valence-electron chi connectivity index (χ0n) is 34.9. The van der Waals surface area contributed by atoms with Gasteiger partial charge in [0.05, 0.1) is 17.5 Å². The van der Waals surface area contributed by atoms with Crippen LogP contribution >= 0.6 is 46.4 Å². The number of carbonyl (C=O) groups excluding carboxylic acids is 5. The van der Waals surface area contributed by atoms with Gasteiger partial charge in [-0.05, 0) is 76.3 Å². The molecule has 12 nitrogen and oxygen atoms in total. The molecule has 0 saturated carbocycles. The van der Waals surface area contributed by atoms with Crippen molar-refractivity contribution in [3.8, 4) is 5.75 Å². The number of benzene rings is 2. The average Bonchev–Trinajstić information content (AvgIpc) is 3.13. The summed E-state index contributed by atoms with van der Waals surface area (Å²) >= 11 is 23.7. The number of amides is 2. The van der Waals surface area contributed by atoms with Gasteiger partial charge in [-0.2, -0.15) is 0 Å². The van der Waals surface area contributed by atoms with Gasteiger partial charge in [0.2, 0.25) is 9.70 Å². The highest BCUT2D eigenvalue weighted by Crippen LogP contribution is 2.28. The van der Waals surface area contributed by atoms with Crippen LogP contribution in [-0.4, -0.2) is 77.8 Å². The molecule has 0 radical (unpaired) electrons. The molecule has 0 aliphatic heterocycles. The largest absolute Gasteiger partial charge is 0.495 e. The molecule has 0 aliphatic rings. The van der Waals surface area contributed by atoms with Crippen molar-refractivity contribution in [3.63, 3.8) is 0 Å². The smallest absolute Gasteiger partial charge is 0.407 e. The van der Waals surface area contributed by atoms with E-state index in [1.165, 1.54) is 19.3 Å². The molecule has 0 aromatic heterocycles. The van der Waals surface area contributed by atoms with E-state index in [0.29, 0.717) is 16.3 Å². The van der Waals surface area contributed by atoms with Gasteiger partial charge in [0, 0.05) is 25.3 Å². The number of hydrogen-bond donors (Lipinski definition) is 2. The molecule has 0 fully saturated rings. The fourth-order valence-electron chi connectivity index (χ4n) is 5.18. The molecule has 16 heteroatoms. The molecular formula is C43H56Cl4N2O10. The minimum absolute atomic E-state index is 0.0205. The van der Waals surface area contributed by atoms with Crippen molar-refractivity contribution in [2.24, 2.45) is 17.3 Å². The van der Waals surface area contributed by atoms with Crippen LogP contribution in [0.25, 0.3) is 6.08 Å². The van der Waals surface area contributed by atoms with E-state index in [-0.39, 0.29) is 37.6 Å². The standard InChI is InChI=1S/C43H56Cl4N2O10/c1-27(2)22-35(58-39(53)42(7,8)25-48-40(54)59-41(4,5)6)38(52)57-33(28(3)18-19-29-14-11-10-12-15-29)16-13-17-36(50)49-32(37(51)56-26-43(45,46)47)24-30-20-21-34(55-9)31(44)23-30/h10-15,17-21,23,27-28,32-33,35H,16,22,24-26H2,1-9H3,(H,48,54)(H,49,50)/b17-13+,19-18+/t28?,32-,33?,35+/m1/s1. The Balaban J connectivity index is 2.31. The van der Waals surface area contributed by atoms with Gasteiger partial charge in [-0.15, -0.1) is 0 Å². The molecule has 2 amide bonds. The Kier molecular flexibility index (Phi) is 20.6. The first-order valence-electron chi connectivity index (χ1n) is 19.0. The number of methoxy groups -OCH3 is 1. The minimum Gasteiger partial charge on any atom is -0.495 e. The average molecular weight is 903 g/mol. The van der Waals surface area contributed by atoms with Gasteiger partial charge >= 0.3 is 24.0 Å². The van der Waals surface area contributed by atoms with Crippen LogP contribution in [0.15, 0.2) is 66.8 Å². The molecule has 2 unspecified atom stereocenters. The second kappa shape index (κ2) is 23.7. The third kappa shape index (κ3) is 20.2. The van der Waals surface area contributed by atoms with Crippen LogP contribution in [0.5, 0.6) is 5.75 Å². The predicted molar refractivity (Wildman–Crippen MR) is 231 cm³/mol. The highest BCUT2D eigenvalue weighted by molar-refractivity contribution is 6.67. The van der Waals surface area contributed by atoms with E-state index in [9.17, 15) is 24.0 Å². The summed E-state index contributed by atoms with van der Waals surface area (Å²) in [7, 11) is 1.46. The summed E-state index contributed by atoms with van der Waals surface area (Å²) in [6.07, 6.45) is 3.86. The minimum atomic E-state index is -1.88. The zero-order valence-corrected chi connectivity index (χ0v) is 38.0. The SMILES string of the molecule is COc1ccc(C[C@@H](NC(=O)/C=C/CC(OC(=O)[C@H](CC(C)C)OC(=O)C(C)(C)CNC(=O)OC(C)(C)C)C(C)/C=C/c2ccccc2)C(=O)OCC(Cl)(Cl)Cl)cc1Cl. The summed E-state index contributed by atoms with van der Waals surface area (Å²) < 4.78 is 25.6. The Morgan fingerprint density at radius 1 is 0.881 bits per heavy atom. The van der Waals surface area contributed by atoms with Crippen LogP contribution in [0.4, 0.5) is 4.79 Å².